The van der Waals surface area contributed by atoms with Crippen molar-refractivity contribution in [3.8, 4) is 0 Å². The molecule has 3 amide bonds. The summed E-state index contributed by atoms with van der Waals surface area (Å²) in [7, 11) is 0. The summed E-state index contributed by atoms with van der Waals surface area (Å²) in [6.45, 7) is 6.45. The van der Waals surface area contributed by atoms with Gasteiger partial charge in [-0.25, -0.2) is 4.79 Å². The zero-order chi connectivity index (χ0) is 19.9. The lowest BCUT2D eigenvalue weighted by Gasteiger charge is -2.18. The van der Waals surface area contributed by atoms with Crippen LogP contribution in [0.3, 0.4) is 0 Å². The van der Waals surface area contributed by atoms with Gasteiger partial charge in [0.05, 0.1) is 0 Å². The average molecular weight is 380 g/mol. The summed E-state index contributed by atoms with van der Waals surface area (Å²) in [5.41, 5.74) is 3.61. The second-order valence-electron chi connectivity index (χ2n) is 7.24. The van der Waals surface area contributed by atoms with Gasteiger partial charge < -0.3 is 16.0 Å². The van der Waals surface area contributed by atoms with E-state index in [0.717, 1.165) is 31.6 Å². The summed E-state index contributed by atoms with van der Waals surface area (Å²) in [6.07, 6.45) is 1.35. The fourth-order valence-electron chi connectivity index (χ4n) is 3.36. The maximum Gasteiger partial charge on any atom is 0.319 e. The van der Waals surface area contributed by atoms with E-state index in [9.17, 15) is 9.59 Å². The highest BCUT2D eigenvalue weighted by Gasteiger charge is 2.24. The van der Waals surface area contributed by atoms with Crippen molar-refractivity contribution in [2.75, 3.05) is 23.7 Å². The Morgan fingerprint density at radius 3 is 2.64 bits per heavy atom. The molecular weight excluding hydrogens is 352 g/mol. The Kier molecular flexibility index (Phi) is 6.66. The van der Waals surface area contributed by atoms with Crippen molar-refractivity contribution in [1.82, 2.24) is 10.2 Å². The Labute approximate surface area is 166 Å². The van der Waals surface area contributed by atoms with Crippen LogP contribution in [0, 0.1) is 6.92 Å². The molecule has 2 aromatic rings. The van der Waals surface area contributed by atoms with Gasteiger partial charge in [-0.3, -0.25) is 9.69 Å². The molecule has 1 unspecified atom stereocenters. The predicted molar refractivity (Wildman–Crippen MR) is 112 cm³/mol. The minimum atomic E-state index is -0.214. The quantitative estimate of drug-likeness (QED) is 0.715. The van der Waals surface area contributed by atoms with E-state index in [0.29, 0.717) is 17.8 Å². The normalized spacial score (nSPS) is 16.6. The molecule has 2 aromatic carbocycles. The number of aryl methyl sites for hydroxylation is 1. The monoisotopic (exact) mass is 380 g/mol. The molecule has 148 valence electrons. The van der Waals surface area contributed by atoms with E-state index < -0.39 is 0 Å². The van der Waals surface area contributed by atoms with Crippen molar-refractivity contribution >= 4 is 23.3 Å². The number of nitrogens with one attached hydrogen (secondary N) is 3. The Morgan fingerprint density at radius 1 is 1.11 bits per heavy atom. The van der Waals surface area contributed by atoms with Crippen LogP contribution in [0.15, 0.2) is 48.5 Å². The van der Waals surface area contributed by atoms with Crippen LogP contribution < -0.4 is 16.0 Å². The standard InChI is InChI=1S/C22H28N4O2/c1-3-21(27)23-18-10-9-16(2)20(13-18)25-22(28)24-19-11-12-26(15-19)14-17-7-5-4-6-8-17/h4-10,13,19H,3,11-12,14-15H2,1-2H3,(H,23,27)(H2,24,25,28). The minimum Gasteiger partial charge on any atom is -0.334 e. The smallest absolute Gasteiger partial charge is 0.319 e. The molecule has 0 saturated carbocycles. The van der Waals surface area contributed by atoms with Gasteiger partial charge in [-0.15, -0.1) is 0 Å². The molecular formula is C22H28N4O2. The lowest BCUT2D eigenvalue weighted by molar-refractivity contribution is -0.115. The largest absolute Gasteiger partial charge is 0.334 e. The molecule has 1 heterocycles. The average Bonchev–Trinajstić information content (AvgIpc) is 3.11. The minimum absolute atomic E-state index is 0.0521. The first-order valence-electron chi connectivity index (χ1n) is 9.78. The summed E-state index contributed by atoms with van der Waals surface area (Å²) >= 11 is 0. The molecule has 0 bridgehead atoms. The lowest BCUT2D eigenvalue weighted by atomic mass is 10.1. The molecule has 1 atom stereocenters. The molecule has 6 nitrogen and oxygen atoms in total. The fraction of sp³-hybridized carbons (Fsp3) is 0.364. The Bertz CT molecular complexity index is 823. The molecule has 1 aliphatic heterocycles. The van der Waals surface area contributed by atoms with E-state index in [4.69, 9.17) is 0 Å². The topological polar surface area (TPSA) is 73.5 Å². The molecule has 3 N–H and O–H groups in total. The number of likely N-dealkylation sites (tertiary alicyclic amines) is 1. The Balaban J connectivity index is 1.52. The Morgan fingerprint density at radius 2 is 1.89 bits per heavy atom. The number of anilines is 2. The van der Waals surface area contributed by atoms with Gasteiger partial charge in [-0.2, -0.15) is 0 Å². The van der Waals surface area contributed by atoms with Crippen LogP contribution >= 0.6 is 0 Å². The van der Waals surface area contributed by atoms with Crippen LogP contribution in [-0.4, -0.2) is 36.0 Å². The maximum atomic E-state index is 12.4. The molecule has 28 heavy (non-hydrogen) atoms. The highest BCUT2D eigenvalue weighted by Crippen LogP contribution is 2.21. The first kappa shape index (κ1) is 19.9. The van der Waals surface area contributed by atoms with Crippen LogP contribution in [0.5, 0.6) is 0 Å². The van der Waals surface area contributed by atoms with E-state index in [1.807, 2.05) is 37.3 Å². The predicted octanol–water partition coefficient (Wildman–Crippen LogP) is 3.74. The van der Waals surface area contributed by atoms with Gasteiger partial charge in [0.25, 0.3) is 0 Å². The van der Waals surface area contributed by atoms with Crippen molar-refractivity contribution in [1.29, 1.82) is 0 Å². The van der Waals surface area contributed by atoms with Gasteiger partial charge >= 0.3 is 6.03 Å². The summed E-state index contributed by atoms with van der Waals surface area (Å²) < 4.78 is 0. The molecule has 0 spiro atoms. The van der Waals surface area contributed by atoms with Crippen LogP contribution in [0.4, 0.5) is 16.2 Å². The zero-order valence-electron chi connectivity index (χ0n) is 16.5. The fourth-order valence-corrected chi connectivity index (χ4v) is 3.36. The molecule has 0 radical (unpaired) electrons. The Hall–Kier alpha value is -2.86. The van der Waals surface area contributed by atoms with Crippen molar-refractivity contribution in [3.63, 3.8) is 0 Å². The summed E-state index contributed by atoms with van der Waals surface area (Å²) in [6, 6.07) is 15.8. The highest BCUT2D eigenvalue weighted by molar-refractivity contribution is 5.94. The van der Waals surface area contributed by atoms with Crippen LogP contribution in [0.1, 0.15) is 30.9 Å². The number of benzene rings is 2. The van der Waals surface area contributed by atoms with E-state index >= 15 is 0 Å². The molecule has 1 aliphatic rings. The molecule has 0 aromatic heterocycles. The van der Waals surface area contributed by atoms with E-state index in [1.165, 1.54) is 5.56 Å². The van der Waals surface area contributed by atoms with Crippen LogP contribution in [0.2, 0.25) is 0 Å². The van der Waals surface area contributed by atoms with E-state index in [1.54, 1.807) is 13.0 Å². The number of urea groups is 1. The number of amides is 3. The highest BCUT2D eigenvalue weighted by atomic mass is 16.2. The van der Waals surface area contributed by atoms with E-state index in [2.05, 4.69) is 33.0 Å². The second kappa shape index (κ2) is 9.37. The molecule has 1 fully saturated rings. The van der Waals surface area contributed by atoms with Gasteiger partial charge in [-0.1, -0.05) is 43.3 Å². The first-order valence-corrected chi connectivity index (χ1v) is 9.78. The van der Waals surface area contributed by atoms with Gasteiger partial charge in [0, 0.05) is 43.5 Å². The van der Waals surface area contributed by atoms with Crippen molar-refractivity contribution in [2.24, 2.45) is 0 Å². The number of hydrogen-bond acceptors (Lipinski definition) is 3. The van der Waals surface area contributed by atoms with Crippen molar-refractivity contribution < 1.29 is 9.59 Å². The number of hydrogen-bond donors (Lipinski definition) is 3. The SMILES string of the molecule is CCC(=O)Nc1ccc(C)c(NC(=O)NC2CCN(Cc3ccccc3)C2)c1. The third-order valence-corrected chi connectivity index (χ3v) is 4.95. The van der Waals surface area contributed by atoms with Crippen molar-refractivity contribution in [2.45, 2.75) is 39.3 Å². The second-order valence-corrected chi connectivity index (χ2v) is 7.24. The van der Waals surface area contributed by atoms with E-state index in [-0.39, 0.29) is 18.0 Å². The zero-order valence-corrected chi connectivity index (χ0v) is 16.5. The summed E-state index contributed by atoms with van der Waals surface area (Å²) in [5, 5.41) is 8.79. The van der Waals surface area contributed by atoms with Crippen LogP contribution in [0.25, 0.3) is 0 Å². The lowest BCUT2D eigenvalue weighted by Crippen LogP contribution is -2.39. The van der Waals surface area contributed by atoms with Gasteiger partial charge in [0.15, 0.2) is 0 Å². The third kappa shape index (κ3) is 5.57. The van der Waals surface area contributed by atoms with Gasteiger partial charge in [0.1, 0.15) is 0 Å². The molecule has 6 heteroatoms. The number of carbonyl (C=O) groups excluding carboxylic acids is 2. The summed E-state index contributed by atoms with van der Waals surface area (Å²) in [4.78, 5) is 26.4. The molecule has 0 aliphatic carbocycles. The number of rotatable bonds is 6. The van der Waals surface area contributed by atoms with Crippen molar-refractivity contribution in [3.05, 3.63) is 59.7 Å². The van der Waals surface area contributed by atoms with Crippen LogP contribution in [-0.2, 0) is 11.3 Å². The number of carbonyl (C=O) groups is 2. The maximum absolute atomic E-state index is 12.4. The third-order valence-electron chi connectivity index (χ3n) is 4.95. The first-order chi connectivity index (χ1) is 13.5. The summed E-state index contributed by atoms with van der Waals surface area (Å²) in [5.74, 6) is -0.0521. The van der Waals surface area contributed by atoms with Gasteiger partial charge in [-0.05, 0) is 36.6 Å². The van der Waals surface area contributed by atoms with Gasteiger partial charge in [0.2, 0.25) is 5.91 Å². The number of nitrogens with zero attached hydrogens (tertiary/aromatic N) is 1. The molecule has 3 rings (SSSR count). The molecule has 1 saturated heterocycles.